The normalized spacial score (nSPS) is 10.6. The van der Waals surface area contributed by atoms with Crippen molar-refractivity contribution in [2.24, 2.45) is 0 Å². The molecule has 8 nitrogen and oxygen atoms in total. The molecular weight excluding hydrogens is 347 g/mol. The van der Waals surface area contributed by atoms with E-state index in [0.717, 1.165) is 11.3 Å². The van der Waals surface area contributed by atoms with Crippen LogP contribution in [-0.4, -0.2) is 34.8 Å². The van der Waals surface area contributed by atoms with Gasteiger partial charge in [0, 0.05) is 11.6 Å². The second-order valence-corrected chi connectivity index (χ2v) is 4.39. The fraction of sp³-hybridized carbons (Fsp3) is 0.357. The Morgan fingerprint density at radius 1 is 1.40 bits per heavy atom. The van der Waals surface area contributed by atoms with E-state index in [1.807, 2.05) is 6.07 Å². The minimum atomic E-state index is -5.19. The van der Waals surface area contributed by atoms with Crippen molar-refractivity contribution in [1.82, 2.24) is 10.1 Å². The van der Waals surface area contributed by atoms with E-state index in [1.165, 1.54) is 6.39 Å². The van der Waals surface area contributed by atoms with Crippen LogP contribution in [-0.2, 0) is 20.9 Å². The number of carbonyl (C=O) groups excluding carboxylic acids is 2. The smallest absolute Gasteiger partial charge is 0.430 e. The number of carboxylic acid groups (broad SMARTS) is 1. The number of rotatable bonds is 5. The summed E-state index contributed by atoms with van der Waals surface area (Å²) in [5.74, 6) is -3.22. The number of esters is 1. The number of ether oxygens (including phenoxy) is 1. The molecule has 0 N–H and O–H groups in total. The van der Waals surface area contributed by atoms with Crippen LogP contribution in [0.3, 0.4) is 0 Å². The van der Waals surface area contributed by atoms with Gasteiger partial charge < -0.3 is 19.1 Å². The summed E-state index contributed by atoms with van der Waals surface area (Å²) in [4.78, 5) is 24.0. The Bertz CT molecular complexity index is 672. The van der Waals surface area contributed by atoms with Gasteiger partial charge in [0.15, 0.2) is 19.1 Å². The maximum atomic E-state index is 11.2. The van der Waals surface area contributed by atoms with Crippen LogP contribution in [0.1, 0.15) is 13.3 Å². The maximum Gasteiger partial charge on any atom is 0.430 e. The molecule has 0 radical (unpaired) electrons. The van der Waals surface area contributed by atoms with Crippen LogP contribution in [0.2, 0.25) is 0 Å². The first-order valence-corrected chi connectivity index (χ1v) is 6.92. The van der Waals surface area contributed by atoms with Gasteiger partial charge in [0.05, 0.1) is 6.61 Å². The third-order valence-corrected chi connectivity index (χ3v) is 2.58. The average molecular weight is 361 g/mol. The van der Waals surface area contributed by atoms with Gasteiger partial charge in [-0.25, -0.2) is 4.98 Å². The molecule has 2 aromatic rings. The topological polar surface area (TPSA) is 109 Å². The molecular formula is C14H14F3N3O5. The third-order valence-electron chi connectivity index (χ3n) is 2.58. The first kappa shape index (κ1) is 20.1. The van der Waals surface area contributed by atoms with E-state index < -0.39 is 12.1 Å². The number of carboxylic acids is 1. The number of aryl methyl sites for hydroxylation is 1. The number of oxazole rings is 1. The first-order chi connectivity index (χ1) is 11.7. The van der Waals surface area contributed by atoms with E-state index in [-0.39, 0.29) is 5.97 Å². The molecule has 0 spiro atoms. The number of carbonyl (C=O) groups is 2. The van der Waals surface area contributed by atoms with E-state index >= 15 is 0 Å². The Hall–Kier alpha value is -2.98. The molecule has 0 aliphatic rings. The maximum absolute atomic E-state index is 11.2. The lowest BCUT2D eigenvalue weighted by molar-refractivity contribution is -0.752. The number of nitrogens with zero attached hydrogens (tertiary/aromatic N) is 3. The van der Waals surface area contributed by atoms with Crippen molar-refractivity contribution in [3.8, 4) is 11.3 Å². The lowest BCUT2D eigenvalue weighted by atomic mass is 10.2. The van der Waals surface area contributed by atoms with Crippen LogP contribution in [0.5, 0.6) is 0 Å². The zero-order valence-corrected chi connectivity index (χ0v) is 13.0. The summed E-state index contributed by atoms with van der Waals surface area (Å²) in [7, 11) is 0. The number of hydrogen-bond acceptors (Lipinski definition) is 7. The highest BCUT2D eigenvalue weighted by molar-refractivity contribution is 5.70. The van der Waals surface area contributed by atoms with Crippen molar-refractivity contribution in [2.75, 3.05) is 6.61 Å². The molecule has 2 heterocycles. The lowest BCUT2D eigenvalue weighted by Gasteiger charge is -2.03. The predicted molar refractivity (Wildman–Crippen MR) is 72.2 cm³/mol. The zero-order valence-electron chi connectivity index (χ0n) is 13.0. The highest BCUT2D eigenvalue weighted by atomic mass is 19.4. The highest BCUT2D eigenvalue weighted by Crippen LogP contribution is 2.13. The van der Waals surface area contributed by atoms with E-state index in [0.29, 0.717) is 19.6 Å². The van der Waals surface area contributed by atoms with Gasteiger partial charge in [0.2, 0.25) is 0 Å². The Labute approximate surface area is 139 Å². The van der Waals surface area contributed by atoms with Crippen LogP contribution in [0.15, 0.2) is 35.5 Å². The molecule has 0 saturated carbocycles. The predicted octanol–water partition coefficient (Wildman–Crippen LogP) is 0.276. The van der Waals surface area contributed by atoms with Crippen LogP contribution in [0.4, 0.5) is 13.2 Å². The van der Waals surface area contributed by atoms with Gasteiger partial charge in [-0.1, -0.05) is 4.68 Å². The fourth-order valence-corrected chi connectivity index (χ4v) is 1.46. The fourth-order valence-electron chi connectivity index (χ4n) is 1.46. The SMILES string of the molecule is CCOC(=O)CC[n+]1ccc(-c2cocn2)cn1.O=C([O-])C(F)(F)F. The molecule has 25 heavy (non-hydrogen) atoms. The van der Waals surface area contributed by atoms with E-state index in [4.69, 9.17) is 19.1 Å². The Morgan fingerprint density at radius 2 is 2.08 bits per heavy atom. The largest absolute Gasteiger partial charge is 0.542 e. The van der Waals surface area contributed by atoms with E-state index in [1.54, 1.807) is 30.3 Å². The molecule has 2 rings (SSSR count). The molecule has 0 aliphatic carbocycles. The quantitative estimate of drug-likeness (QED) is 0.556. The van der Waals surface area contributed by atoms with Gasteiger partial charge in [-0.3, -0.25) is 4.79 Å². The Balaban J connectivity index is 0.000000381. The second kappa shape index (κ2) is 9.35. The molecule has 2 aromatic heterocycles. The molecule has 11 heteroatoms. The van der Waals surface area contributed by atoms with Crippen LogP contribution < -0.4 is 9.79 Å². The summed E-state index contributed by atoms with van der Waals surface area (Å²) >= 11 is 0. The number of aliphatic carboxylic acids is 1. The summed E-state index contributed by atoms with van der Waals surface area (Å²) in [6, 6.07) is 1.87. The monoisotopic (exact) mass is 361 g/mol. The number of alkyl halides is 3. The van der Waals surface area contributed by atoms with Crippen molar-refractivity contribution >= 4 is 11.9 Å². The lowest BCUT2D eigenvalue weighted by Crippen LogP contribution is -2.38. The minimum absolute atomic E-state index is 0.215. The van der Waals surface area contributed by atoms with Crippen molar-refractivity contribution in [1.29, 1.82) is 0 Å². The molecule has 0 unspecified atom stereocenters. The first-order valence-electron chi connectivity index (χ1n) is 6.92. The van der Waals surface area contributed by atoms with Crippen molar-refractivity contribution in [3.05, 3.63) is 31.1 Å². The molecule has 0 amide bonds. The second-order valence-electron chi connectivity index (χ2n) is 4.39. The van der Waals surface area contributed by atoms with Crippen molar-refractivity contribution < 1.29 is 41.7 Å². The van der Waals surface area contributed by atoms with Crippen LogP contribution >= 0.6 is 0 Å². The minimum Gasteiger partial charge on any atom is -0.542 e. The molecule has 0 aliphatic heterocycles. The van der Waals surface area contributed by atoms with Crippen molar-refractivity contribution in [3.63, 3.8) is 0 Å². The summed E-state index contributed by atoms with van der Waals surface area (Å²) < 4.78 is 43.0. The number of aromatic nitrogens is 3. The summed E-state index contributed by atoms with van der Waals surface area (Å²) in [6.45, 7) is 2.69. The molecule has 0 saturated heterocycles. The molecule has 0 aromatic carbocycles. The Kier molecular flexibility index (Phi) is 7.50. The summed E-state index contributed by atoms with van der Waals surface area (Å²) in [5, 5.41) is 13.0. The number of halogens is 3. The van der Waals surface area contributed by atoms with Gasteiger partial charge in [0.25, 0.3) is 0 Å². The highest BCUT2D eigenvalue weighted by Gasteiger charge is 2.28. The zero-order chi connectivity index (χ0) is 18.9. The summed E-state index contributed by atoms with van der Waals surface area (Å²) in [6.07, 6.45) is 1.53. The van der Waals surface area contributed by atoms with Gasteiger partial charge >= 0.3 is 12.1 Å². The third kappa shape index (κ3) is 7.42. The van der Waals surface area contributed by atoms with Crippen LogP contribution in [0, 0.1) is 0 Å². The van der Waals surface area contributed by atoms with Crippen LogP contribution in [0.25, 0.3) is 11.3 Å². The molecule has 0 fully saturated rings. The Morgan fingerprint density at radius 3 is 2.52 bits per heavy atom. The van der Waals surface area contributed by atoms with Crippen molar-refractivity contribution in [2.45, 2.75) is 26.1 Å². The van der Waals surface area contributed by atoms with Gasteiger partial charge in [-0.2, -0.15) is 13.2 Å². The standard InChI is InChI=1S/C12H14N3O3.C2HF3O2/c1-2-18-12(16)4-6-15-5-3-10(7-14-15)11-8-17-9-13-11;3-2(4,5)1(6)7/h3,5,7-9H,2,4,6H2,1H3;(H,6,7)/q+1;/p-1. The molecule has 0 bridgehead atoms. The average Bonchev–Trinajstić information content (AvgIpc) is 3.08. The van der Waals surface area contributed by atoms with Gasteiger partial charge in [-0.05, 0) is 12.0 Å². The van der Waals surface area contributed by atoms with Gasteiger partial charge in [-0.15, -0.1) is 0 Å². The van der Waals surface area contributed by atoms with E-state index in [9.17, 15) is 18.0 Å². The summed E-state index contributed by atoms with van der Waals surface area (Å²) in [5.41, 5.74) is 1.61. The molecule has 136 valence electrons. The molecule has 0 atom stereocenters. The number of hydrogen-bond donors (Lipinski definition) is 0. The van der Waals surface area contributed by atoms with E-state index in [2.05, 4.69) is 10.1 Å². The van der Waals surface area contributed by atoms with Gasteiger partial charge in [0.1, 0.15) is 30.5 Å².